The van der Waals surface area contributed by atoms with E-state index >= 15 is 0 Å². The van der Waals surface area contributed by atoms with Crippen molar-refractivity contribution >= 4 is 5.97 Å². The van der Waals surface area contributed by atoms with Crippen molar-refractivity contribution in [1.82, 2.24) is 4.98 Å². The monoisotopic (exact) mass is 221 g/mol. The molecule has 0 spiro atoms. The van der Waals surface area contributed by atoms with Crippen LogP contribution in [0.3, 0.4) is 0 Å². The molecule has 0 fully saturated rings. The summed E-state index contributed by atoms with van der Waals surface area (Å²) in [5, 5.41) is 0. The third-order valence-electron chi connectivity index (χ3n) is 3.33. The highest BCUT2D eigenvalue weighted by atomic mass is 16.5. The van der Waals surface area contributed by atoms with Gasteiger partial charge in [0.05, 0.1) is 12.5 Å². The normalized spacial score (nSPS) is 20.0. The van der Waals surface area contributed by atoms with Crippen molar-refractivity contribution in [1.29, 1.82) is 0 Å². The first-order valence-electron chi connectivity index (χ1n) is 6.07. The van der Waals surface area contributed by atoms with E-state index in [0.29, 0.717) is 6.61 Å². The number of rotatable bonds is 2. The minimum Gasteiger partial charge on any atom is -0.465 e. The molecule has 0 radical (unpaired) electrons. The fourth-order valence-corrected chi connectivity index (χ4v) is 2.49. The maximum atomic E-state index is 11.9. The number of nitrogens with one attached hydrogen (secondary N) is 1. The zero-order valence-electron chi connectivity index (χ0n) is 10.0. The van der Waals surface area contributed by atoms with Gasteiger partial charge < -0.3 is 9.72 Å². The number of ether oxygens (including phenoxy) is 1. The smallest absolute Gasteiger partial charge is 0.314 e. The Morgan fingerprint density at radius 2 is 2.38 bits per heavy atom. The van der Waals surface area contributed by atoms with Gasteiger partial charge in [0.2, 0.25) is 0 Å². The second-order valence-corrected chi connectivity index (χ2v) is 4.41. The lowest BCUT2D eigenvalue weighted by molar-refractivity contribution is -0.145. The van der Waals surface area contributed by atoms with Gasteiger partial charge in [0.25, 0.3) is 0 Å². The lowest BCUT2D eigenvalue weighted by Gasteiger charge is -2.13. The van der Waals surface area contributed by atoms with Crippen LogP contribution in [0.2, 0.25) is 0 Å². The molecule has 1 aromatic heterocycles. The molecule has 0 aromatic carbocycles. The van der Waals surface area contributed by atoms with Crippen LogP contribution in [0.1, 0.15) is 48.9 Å². The third kappa shape index (κ3) is 1.99. The number of aromatic amines is 1. The van der Waals surface area contributed by atoms with Crippen molar-refractivity contribution in [3.63, 3.8) is 0 Å². The Hall–Kier alpha value is -1.25. The summed E-state index contributed by atoms with van der Waals surface area (Å²) in [4.78, 5) is 15.1. The third-order valence-corrected chi connectivity index (χ3v) is 3.33. The van der Waals surface area contributed by atoms with Crippen LogP contribution in [0.25, 0.3) is 0 Å². The maximum absolute atomic E-state index is 11.9. The molecule has 1 heterocycles. The highest BCUT2D eigenvalue weighted by Gasteiger charge is 2.28. The van der Waals surface area contributed by atoms with Crippen LogP contribution in [-0.2, 0) is 16.0 Å². The number of carbonyl (C=O) groups is 1. The second kappa shape index (κ2) is 4.73. The molecule has 0 saturated carbocycles. The second-order valence-electron chi connectivity index (χ2n) is 4.41. The number of aromatic nitrogens is 1. The SMILES string of the molecule is CCOC(=O)C1CCCCc2c(C)c[nH]c21. The highest BCUT2D eigenvalue weighted by molar-refractivity contribution is 5.78. The molecule has 0 amide bonds. The lowest BCUT2D eigenvalue weighted by atomic mass is 9.98. The molecule has 1 atom stereocenters. The van der Waals surface area contributed by atoms with Gasteiger partial charge in [0.1, 0.15) is 0 Å². The van der Waals surface area contributed by atoms with Gasteiger partial charge in [-0.1, -0.05) is 6.42 Å². The Balaban J connectivity index is 2.29. The summed E-state index contributed by atoms with van der Waals surface area (Å²) in [5.74, 6) is -0.154. The van der Waals surface area contributed by atoms with E-state index in [-0.39, 0.29) is 11.9 Å². The van der Waals surface area contributed by atoms with E-state index in [2.05, 4.69) is 11.9 Å². The van der Waals surface area contributed by atoms with Crippen LogP contribution in [-0.4, -0.2) is 17.6 Å². The Morgan fingerprint density at radius 3 is 3.12 bits per heavy atom. The molecule has 3 heteroatoms. The van der Waals surface area contributed by atoms with Gasteiger partial charge in [-0.2, -0.15) is 0 Å². The minimum atomic E-state index is -0.0776. The zero-order chi connectivity index (χ0) is 11.5. The topological polar surface area (TPSA) is 42.1 Å². The Morgan fingerprint density at radius 1 is 1.56 bits per heavy atom. The molecular weight excluding hydrogens is 202 g/mol. The number of fused-ring (bicyclic) bond motifs is 1. The van der Waals surface area contributed by atoms with Gasteiger partial charge in [0.15, 0.2) is 0 Å². The molecule has 1 unspecified atom stereocenters. The largest absolute Gasteiger partial charge is 0.465 e. The van der Waals surface area contributed by atoms with Crippen molar-refractivity contribution in [2.75, 3.05) is 6.61 Å². The van der Waals surface area contributed by atoms with Crippen LogP contribution < -0.4 is 0 Å². The Labute approximate surface area is 96.2 Å². The fraction of sp³-hybridized carbons (Fsp3) is 0.615. The van der Waals surface area contributed by atoms with Crippen molar-refractivity contribution in [2.24, 2.45) is 0 Å². The maximum Gasteiger partial charge on any atom is 0.314 e. The molecule has 0 saturated heterocycles. The summed E-state index contributed by atoms with van der Waals surface area (Å²) < 4.78 is 5.14. The van der Waals surface area contributed by atoms with E-state index in [1.165, 1.54) is 17.5 Å². The van der Waals surface area contributed by atoms with E-state index in [9.17, 15) is 4.79 Å². The van der Waals surface area contributed by atoms with Crippen LogP contribution in [0, 0.1) is 6.92 Å². The number of H-pyrrole nitrogens is 1. The summed E-state index contributed by atoms with van der Waals surface area (Å²) in [7, 11) is 0. The number of aryl methyl sites for hydroxylation is 1. The summed E-state index contributed by atoms with van der Waals surface area (Å²) in [5.41, 5.74) is 3.69. The first kappa shape index (κ1) is 11.2. The first-order valence-corrected chi connectivity index (χ1v) is 6.07. The molecule has 88 valence electrons. The molecule has 16 heavy (non-hydrogen) atoms. The Kier molecular flexibility index (Phi) is 3.32. The molecule has 1 aliphatic rings. The van der Waals surface area contributed by atoms with Crippen molar-refractivity contribution in [3.05, 3.63) is 23.0 Å². The van der Waals surface area contributed by atoms with Gasteiger partial charge >= 0.3 is 5.97 Å². The average Bonchev–Trinajstić information content (AvgIpc) is 2.52. The van der Waals surface area contributed by atoms with E-state index < -0.39 is 0 Å². The quantitative estimate of drug-likeness (QED) is 0.616. The molecule has 3 nitrogen and oxygen atoms in total. The first-order chi connectivity index (χ1) is 7.74. The minimum absolute atomic E-state index is 0.0764. The fourth-order valence-electron chi connectivity index (χ4n) is 2.49. The van der Waals surface area contributed by atoms with Crippen molar-refractivity contribution in [2.45, 2.75) is 45.4 Å². The number of esters is 1. The van der Waals surface area contributed by atoms with Gasteiger partial charge in [-0.3, -0.25) is 4.79 Å². The number of hydrogen-bond donors (Lipinski definition) is 1. The molecular formula is C13H19NO2. The van der Waals surface area contributed by atoms with Crippen LogP contribution in [0.15, 0.2) is 6.20 Å². The van der Waals surface area contributed by atoms with E-state index in [1.807, 2.05) is 13.1 Å². The van der Waals surface area contributed by atoms with Gasteiger partial charge in [-0.15, -0.1) is 0 Å². The number of carbonyl (C=O) groups excluding carboxylic acids is 1. The molecule has 2 rings (SSSR count). The lowest BCUT2D eigenvalue weighted by Crippen LogP contribution is -2.16. The average molecular weight is 221 g/mol. The summed E-state index contributed by atoms with van der Waals surface area (Å²) in [6.07, 6.45) is 6.27. The summed E-state index contributed by atoms with van der Waals surface area (Å²) in [6.45, 7) is 4.42. The number of hydrogen-bond acceptors (Lipinski definition) is 2. The highest BCUT2D eigenvalue weighted by Crippen LogP contribution is 2.32. The van der Waals surface area contributed by atoms with Gasteiger partial charge in [0, 0.05) is 11.9 Å². The predicted molar refractivity (Wildman–Crippen MR) is 62.5 cm³/mol. The van der Waals surface area contributed by atoms with Crippen molar-refractivity contribution in [3.8, 4) is 0 Å². The zero-order valence-corrected chi connectivity index (χ0v) is 10.0. The molecule has 1 N–H and O–H groups in total. The molecule has 0 bridgehead atoms. The summed E-state index contributed by atoms with van der Waals surface area (Å²) in [6, 6.07) is 0. The van der Waals surface area contributed by atoms with Gasteiger partial charge in [-0.05, 0) is 44.2 Å². The molecule has 1 aliphatic carbocycles. The van der Waals surface area contributed by atoms with E-state index in [0.717, 1.165) is 25.0 Å². The van der Waals surface area contributed by atoms with E-state index in [1.54, 1.807) is 0 Å². The van der Waals surface area contributed by atoms with Crippen LogP contribution >= 0.6 is 0 Å². The van der Waals surface area contributed by atoms with Gasteiger partial charge in [-0.25, -0.2) is 0 Å². The predicted octanol–water partition coefficient (Wildman–Crippen LogP) is 2.70. The molecule has 0 aliphatic heterocycles. The van der Waals surface area contributed by atoms with E-state index in [4.69, 9.17) is 4.74 Å². The van der Waals surface area contributed by atoms with Crippen LogP contribution in [0.4, 0.5) is 0 Å². The molecule has 1 aromatic rings. The van der Waals surface area contributed by atoms with Crippen LogP contribution in [0.5, 0.6) is 0 Å². The standard InChI is InChI=1S/C13H19NO2/c1-3-16-13(15)11-7-5-4-6-10-9(2)8-14-12(10)11/h8,11,14H,3-7H2,1-2H3. The summed E-state index contributed by atoms with van der Waals surface area (Å²) >= 11 is 0. The van der Waals surface area contributed by atoms with Crippen molar-refractivity contribution < 1.29 is 9.53 Å². The Bertz CT molecular complexity index is 381.